The molecule has 1 aliphatic carbocycles. The molecule has 0 bridgehead atoms. The number of carbonyl (C=O) groups is 3. The Bertz CT molecular complexity index is 596. The van der Waals surface area contributed by atoms with Gasteiger partial charge in [0, 0.05) is 0 Å². The van der Waals surface area contributed by atoms with Crippen LogP contribution in [0.5, 0.6) is 0 Å². The monoisotopic (exact) mass is 552 g/mol. The van der Waals surface area contributed by atoms with Crippen LogP contribution in [0.25, 0.3) is 0 Å². The van der Waals surface area contributed by atoms with Crippen LogP contribution in [0.4, 0.5) is 0 Å². The summed E-state index contributed by atoms with van der Waals surface area (Å²) < 4.78 is 16.9. The van der Waals surface area contributed by atoms with Gasteiger partial charge in [0.2, 0.25) is 0 Å². The first kappa shape index (κ1) is 35.4. The van der Waals surface area contributed by atoms with Crippen molar-refractivity contribution in [2.45, 2.75) is 156 Å². The minimum atomic E-state index is -0.812. The molecule has 2 atom stereocenters. The number of rotatable bonds is 24. The Morgan fingerprint density at radius 3 is 1.13 bits per heavy atom. The number of hydrogen-bond acceptors (Lipinski definition) is 6. The smallest absolute Gasteiger partial charge is 0.310 e. The second-order valence-corrected chi connectivity index (χ2v) is 11.5. The van der Waals surface area contributed by atoms with Crippen molar-refractivity contribution in [1.82, 2.24) is 0 Å². The molecule has 0 spiro atoms. The van der Waals surface area contributed by atoms with Crippen molar-refractivity contribution in [1.29, 1.82) is 0 Å². The summed E-state index contributed by atoms with van der Waals surface area (Å²) in [6.07, 6.45) is 21.7. The molecule has 0 amide bonds. The third-order valence-electron chi connectivity index (χ3n) is 8.00. The second-order valence-electron chi connectivity index (χ2n) is 11.5. The largest absolute Gasteiger partial charge is 0.465 e. The van der Waals surface area contributed by atoms with Crippen molar-refractivity contribution in [3.8, 4) is 0 Å². The summed E-state index contributed by atoms with van der Waals surface area (Å²) in [6, 6.07) is 0. The van der Waals surface area contributed by atoms with Crippen LogP contribution < -0.4 is 0 Å². The number of ether oxygens (including phenoxy) is 3. The quantitative estimate of drug-likeness (QED) is 0.0677. The van der Waals surface area contributed by atoms with Crippen molar-refractivity contribution in [2.24, 2.45) is 17.8 Å². The zero-order valence-corrected chi connectivity index (χ0v) is 25.7. The maximum absolute atomic E-state index is 13.3. The van der Waals surface area contributed by atoms with E-state index in [0.29, 0.717) is 39.1 Å². The van der Waals surface area contributed by atoms with Gasteiger partial charge in [-0.2, -0.15) is 0 Å². The zero-order valence-electron chi connectivity index (χ0n) is 25.7. The molecule has 0 aliphatic heterocycles. The van der Waals surface area contributed by atoms with E-state index in [0.717, 1.165) is 57.8 Å². The number of unbranched alkanes of at least 4 members (excludes halogenated alkanes) is 15. The number of hydrogen-bond donors (Lipinski definition) is 0. The lowest BCUT2D eigenvalue weighted by Gasteiger charge is -2.34. The van der Waals surface area contributed by atoms with Crippen LogP contribution in [-0.2, 0) is 28.6 Å². The molecular formula is C33H60O6. The van der Waals surface area contributed by atoms with Gasteiger partial charge in [0.25, 0.3) is 0 Å². The molecule has 1 saturated carbocycles. The van der Waals surface area contributed by atoms with Gasteiger partial charge in [0.15, 0.2) is 0 Å². The van der Waals surface area contributed by atoms with Gasteiger partial charge in [-0.05, 0) is 32.1 Å². The van der Waals surface area contributed by atoms with Gasteiger partial charge in [-0.15, -0.1) is 0 Å². The van der Waals surface area contributed by atoms with Crippen LogP contribution in [-0.4, -0.2) is 37.7 Å². The Labute approximate surface area is 239 Å². The first-order valence-corrected chi connectivity index (χ1v) is 16.6. The summed E-state index contributed by atoms with van der Waals surface area (Å²) in [5.41, 5.74) is 0. The second kappa shape index (κ2) is 24.2. The lowest BCUT2D eigenvalue weighted by Crippen LogP contribution is -2.44. The van der Waals surface area contributed by atoms with E-state index in [4.69, 9.17) is 14.2 Å². The van der Waals surface area contributed by atoms with Crippen LogP contribution in [0.1, 0.15) is 156 Å². The molecule has 228 valence electrons. The molecule has 0 aromatic rings. The third kappa shape index (κ3) is 16.3. The predicted octanol–water partition coefficient (Wildman–Crippen LogP) is 8.73. The molecule has 0 N–H and O–H groups in total. The topological polar surface area (TPSA) is 78.9 Å². The summed E-state index contributed by atoms with van der Waals surface area (Å²) in [5.74, 6) is -3.25. The third-order valence-corrected chi connectivity index (χ3v) is 8.00. The Morgan fingerprint density at radius 1 is 0.462 bits per heavy atom. The van der Waals surface area contributed by atoms with Gasteiger partial charge in [-0.3, -0.25) is 14.4 Å². The average molecular weight is 553 g/mol. The molecule has 6 nitrogen and oxygen atoms in total. The zero-order chi connectivity index (χ0) is 28.6. The Kier molecular flexibility index (Phi) is 22.0. The van der Waals surface area contributed by atoms with E-state index in [1.807, 2.05) is 0 Å². The number of carbonyl (C=O) groups excluding carboxylic acids is 3. The highest BCUT2D eigenvalue weighted by molar-refractivity contribution is 5.87. The summed E-state index contributed by atoms with van der Waals surface area (Å²) in [6.45, 7) is 7.65. The maximum atomic E-state index is 13.3. The Balaban J connectivity index is 2.66. The minimum Gasteiger partial charge on any atom is -0.465 e. The van der Waals surface area contributed by atoms with Crippen molar-refractivity contribution in [3.05, 3.63) is 0 Å². The van der Waals surface area contributed by atoms with Crippen LogP contribution in [0, 0.1) is 17.8 Å². The van der Waals surface area contributed by atoms with E-state index in [1.54, 1.807) is 0 Å². The fourth-order valence-corrected chi connectivity index (χ4v) is 5.53. The molecule has 2 unspecified atom stereocenters. The SMILES string of the molecule is CCCCCCCCOC(=O)C1CCCC(C(=O)OCCCCCCCC)C1C(=O)OCCCCCCCC. The molecule has 39 heavy (non-hydrogen) atoms. The van der Waals surface area contributed by atoms with Gasteiger partial charge in [0.05, 0.1) is 37.6 Å². The van der Waals surface area contributed by atoms with Gasteiger partial charge in [-0.1, -0.05) is 124 Å². The van der Waals surface area contributed by atoms with Crippen molar-refractivity contribution < 1.29 is 28.6 Å². The van der Waals surface area contributed by atoms with Gasteiger partial charge in [-0.25, -0.2) is 0 Å². The fourth-order valence-electron chi connectivity index (χ4n) is 5.53. The summed E-state index contributed by atoms with van der Waals surface area (Å²) in [5, 5.41) is 0. The van der Waals surface area contributed by atoms with Crippen LogP contribution in [0.3, 0.4) is 0 Å². The molecule has 1 fully saturated rings. The molecule has 0 aromatic heterocycles. The van der Waals surface area contributed by atoms with E-state index in [2.05, 4.69) is 20.8 Å². The molecule has 0 radical (unpaired) electrons. The Morgan fingerprint density at radius 2 is 0.769 bits per heavy atom. The van der Waals surface area contributed by atoms with Gasteiger partial charge < -0.3 is 14.2 Å². The lowest BCUT2D eigenvalue weighted by molar-refractivity contribution is -0.172. The highest BCUT2D eigenvalue weighted by Crippen LogP contribution is 2.38. The highest BCUT2D eigenvalue weighted by Gasteiger charge is 2.47. The summed E-state index contributed by atoms with van der Waals surface area (Å²) in [4.78, 5) is 39.5. The van der Waals surface area contributed by atoms with Crippen molar-refractivity contribution >= 4 is 17.9 Å². The van der Waals surface area contributed by atoms with Gasteiger partial charge >= 0.3 is 17.9 Å². The van der Waals surface area contributed by atoms with Crippen molar-refractivity contribution in [2.75, 3.05) is 19.8 Å². The summed E-state index contributed by atoms with van der Waals surface area (Å²) >= 11 is 0. The number of esters is 3. The first-order valence-electron chi connectivity index (χ1n) is 16.6. The van der Waals surface area contributed by atoms with E-state index in [1.165, 1.54) is 57.8 Å². The van der Waals surface area contributed by atoms with Crippen molar-refractivity contribution in [3.63, 3.8) is 0 Å². The lowest BCUT2D eigenvalue weighted by atomic mass is 9.72. The molecule has 0 heterocycles. The standard InChI is InChI=1S/C33H60O6/c1-4-7-10-13-16-19-25-37-31(34)28-23-22-24-29(32(35)38-26-20-17-14-11-8-5-2)30(28)33(36)39-27-21-18-15-12-9-6-3/h28-30H,4-27H2,1-3H3. The fraction of sp³-hybridized carbons (Fsp3) is 0.909. The Hall–Kier alpha value is -1.59. The average Bonchev–Trinajstić information content (AvgIpc) is 2.95. The molecular weight excluding hydrogens is 492 g/mol. The summed E-state index contributed by atoms with van der Waals surface area (Å²) in [7, 11) is 0. The van der Waals surface area contributed by atoms with Gasteiger partial charge in [0.1, 0.15) is 0 Å². The highest BCUT2D eigenvalue weighted by atomic mass is 16.5. The van der Waals surface area contributed by atoms with Crippen LogP contribution in [0.2, 0.25) is 0 Å². The van der Waals surface area contributed by atoms with Crippen LogP contribution in [0.15, 0.2) is 0 Å². The van der Waals surface area contributed by atoms with E-state index in [9.17, 15) is 14.4 Å². The van der Waals surface area contributed by atoms with Crippen LogP contribution >= 0.6 is 0 Å². The maximum Gasteiger partial charge on any atom is 0.310 e. The minimum absolute atomic E-state index is 0.334. The molecule has 1 aliphatic rings. The molecule has 1 rings (SSSR count). The van der Waals surface area contributed by atoms with E-state index in [-0.39, 0.29) is 11.9 Å². The molecule has 0 aromatic carbocycles. The van der Waals surface area contributed by atoms with E-state index >= 15 is 0 Å². The molecule has 0 saturated heterocycles. The predicted molar refractivity (Wildman–Crippen MR) is 157 cm³/mol. The molecule has 6 heteroatoms. The first-order chi connectivity index (χ1) is 19.1. The normalized spacial score (nSPS) is 19.0. The van der Waals surface area contributed by atoms with E-state index < -0.39 is 23.7 Å².